The molecule has 0 aliphatic carbocycles. The zero-order valence-electron chi connectivity index (χ0n) is 17.0. The second kappa shape index (κ2) is 11.4. The fourth-order valence-electron chi connectivity index (χ4n) is 2.49. The van der Waals surface area contributed by atoms with E-state index in [-0.39, 0.29) is 6.61 Å². The van der Waals surface area contributed by atoms with E-state index < -0.39 is 39.6 Å². The van der Waals surface area contributed by atoms with E-state index >= 15 is 0 Å². The Labute approximate surface area is 167 Å². The first-order chi connectivity index (χ1) is 13.6. The number of hydrogen-bond acceptors (Lipinski definition) is 3. The van der Waals surface area contributed by atoms with Gasteiger partial charge in [-0.25, -0.2) is 0 Å². The van der Waals surface area contributed by atoms with Crippen molar-refractivity contribution in [1.82, 2.24) is 0 Å². The highest BCUT2D eigenvalue weighted by Crippen LogP contribution is 2.34. The summed E-state index contributed by atoms with van der Waals surface area (Å²) in [5.74, 6) is -9.38. The number of ether oxygens (including phenoxy) is 1. The smallest absolute Gasteiger partial charge is 0.346 e. The minimum Gasteiger partial charge on any atom is -0.483 e. The van der Waals surface area contributed by atoms with Crippen molar-refractivity contribution in [3.05, 3.63) is 68.3 Å². The number of halogens is 4. The Kier molecular flexibility index (Phi) is 9.58. The van der Waals surface area contributed by atoms with Crippen molar-refractivity contribution in [3.8, 4) is 5.75 Å². The van der Waals surface area contributed by atoms with E-state index in [2.05, 4.69) is 12.2 Å². The molecule has 1 aromatic rings. The van der Waals surface area contributed by atoms with Crippen LogP contribution >= 0.6 is 0 Å². The number of allylic oxidation sites excluding steroid dienone is 5. The van der Waals surface area contributed by atoms with Crippen LogP contribution in [0, 0.1) is 33.4 Å². The van der Waals surface area contributed by atoms with Crippen LogP contribution in [0.5, 0.6) is 5.75 Å². The third kappa shape index (κ3) is 7.36. The Morgan fingerprint density at radius 1 is 0.862 bits per heavy atom. The van der Waals surface area contributed by atoms with Crippen molar-refractivity contribution in [1.29, 1.82) is 0 Å². The van der Waals surface area contributed by atoms with E-state index in [0.29, 0.717) is 6.42 Å². The van der Waals surface area contributed by atoms with Gasteiger partial charge in [0.05, 0.1) is 4.92 Å². The summed E-state index contributed by atoms with van der Waals surface area (Å²) in [5, 5.41) is 10.5. The highest BCUT2D eigenvalue weighted by atomic mass is 19.2. The molecule has 0 saturated heterocycles. The molecule has 4 nitrogen and oxygen atoms in total. The van der Waals surface area contributed by atoms with Gasteiger partial charge < -0.3 is 4.74 Å². The number of rotatable bonds is 10. The maximum Gasteiger partial charge on any atom is 0.346 e. The molecule has 1 rings (SSSR count). The maximum atomic E-state index is 13.8. The molecule has 0 heterocycles. The molecule has 0 unspecified atom stereocenters. The molecule has 0 saturated carbocycles. The van der Waals surface area contributed by atoms with E-state index in [0.717, 1.165) is 24.8 Å². The van der Waals surface area contributed by atoms with Crippen LogP contribution in [0.1, 0.15) is 53.4 Å². The number of benzene rings is 1. The highest BCUT2D eigenvalue weighted by molar-refractivity contribution is 5.42. The van der Waals surface area contributed by atoms with E-state index in [1.165, 1.54) is 17.2 Å². The molecule has 160 valence electrons. The Balaban J connectivity index is 2.67. The summed E-state index contributed by atoms with van der Waals surface area (Å²) in [5.41, 5.74) is 1.51. The standard InChI is InChI=1S/C21H25F4NO3/c1-13(2)7-5-8-14(3)9-6-10-15(4)11-12-29-21-18(24)16(22)20(26(27)28)17(23)19(21)25/h7,9,11H,5-6,8,10,12H2,1-4H3. The van der Waals surface area contributed by atoms with Crippen LogP contribution in [-0.2, 0) is 0 Å². The number of nitro benzene ring substituents is 1. The lowest BCUT2D eigenvalue weighted by molar-refractivity contribution is -0.390. The molecule has 0 radical (unpaired) electrons. The molecule has 0 aliphatic heterocycles. The molecule has 0 spiro atoms. The summed E-state index contributed by atoms with van der Waals surface area (Å²) >= 11 is 0. The lowest BCUT2D eigenvalue weighted by atomic mass is 10.1. The van der Waals surface area contributed by atoms with Gasteiger partial charge in [0.2, 0.25) is 23.3 Å². The minimum absolute atomic E-state index is 0.334. The van der Waals surface area contributed by atoms with Gasteiger partial charge in [-0.1, -0.05) is 28.9 Å². The van der Waals surface area contributed by atoms with Crippen molar-refractivity contribution in [2.75, 3.05) is 6.61 Å². The summed E-state index contributed by atoms with van der Waals surface area (Å²) in [4.78, 5) is 9.00. The normalized spacial score (nSPS) is 12.1. The van der Waals surface area contributed by atoms with Crippen LogP contribution in [0.3, 0.4) is 0 Å². The highest BCUT2D eigenvalue weighted by Gasteiger charge is 2.33. The first-order valence-corrected chi connectivity index (χ1v) is 9.14. The lowest BCUT2D eigenvalue weighted by Gasteiger charge is -2.09. The first-order valence-electron chi connectivity index (χ1n) is 9.14. The van der Waals surface area contributed by atoms with Crippen LogP contribution in [0.2, 0.25) is 0 Å². The van der Waals surface area contributed by atoms with Crippen LogP contribution < -0.4 is 4.74 Å². The Morgan fingerprint density at radius 3 is 1.83 bits per heavy atom. The molecular weight excluding hydrogens is 390 g/mol. The molecule has 0 bridgehead atoms. The van der Waals surface area contributed by atoms with Crippen LogP contribution in [-0.4, -0.2) is 11.5 Å². The van der Waals surface area contributed by atoms with Crippen LogP contribution in [0.15, 0.2) is 34.9 Å². The Hall–Kier alpha value is -2.64. The van der Waals surface area contributed by atoms with Gasteiger partial charge in [0.15, 0.2) is 5.75 Å². The molecule has 1 aromatic carbocycles. The topological polar surface area (TPSA) is 52.4 Å². The molecule has 0 aromatic heterocycles. The second-order valence-electron chi connectivity index (χ2n) is 6.96. The summed E-state index contributed by atoms with van der Waals surface area (Å²) in [6.45, 7) is 7.60. The quantitative estimate of drug-likeness (QED) is 0.137. The monoisotopic (exact) mass is 415 g/mol. The van der Waals surface area contributed by atoms with Gasteiger partial charge in [-0.3, -0.25) is 10.1 Å². The largest absolute Gasteiger partial charge is 0.483 e. The second-order valence-corrected chi connectivity index (χ2v) is 6.96. The van der Waals surface area contributed by atoms with Crippen LogP contribution in [0.25, 0.3) is 0 Å². The molecule has 29 heavy (non-hydrogen) atoms. The molecule has 0 atom stereocenters. The van der Waals surface area contributed by atoms with E-state index in [4.69, 9.17) is 4.74 Å². The predicted octanol–water partition coefficient (Wildman–Crippen LogP) is 6.95. The zero-order chi connectivity index (χ0) is 22.1. The fourth-order valence-corrected chi connectivity index (χ4v) is 2.49. The van der Waals surface area contributed by atoms with Gasteiger partial charge in [0, 0.05) is 0 Å². The summed E-state index contributed by atoms with van der Waals surface area (Å²) in [7, 11) is 0. The van der Waals surface area contributed by atoms with Gasteiger partial charge in [-0.2, -0.15) is 17.6 Å². The number of nitrogens with zero attached hydrogens (tertiary/aromatic N) is 1. The van der Waals surface area contributed by atoms with Crippen molar-refractivity contribution in [3.63, 3.8) is 0 Å². The van der Waals surface area contributed by atoms with Gasteiger partial charge in [0.1, 0.15) is 6.61 Å². The third-order valence-corrected chi connectivity index (χ3v) is 4.16. The summed E-state index contributed by atoms with van der Waals surface area (Å²) in [6, 6.07) is 0. The molecule has 8 heteroatoms. The number of hydrogen-bond donors (Lipinski definition) is 0. The summed E-state index contributed by atoms with van der Waals surface area (Å²) in [6.07, 6.45) is 9.20. The molecule has 0 fully saturated rings. The van der Waals surface area contributed by atoms with E-state index in [9.17, 15) is 27.7 Å². The average molecular weight is 415 g/mol. The van der Waals surface area contributed by atoms with Gasteiger partial charge in [-0.15, -0.1) is 0 Å². The SMILES string of the molecule is CC(C)=CCCC(C)=CCCC(C)=CCOc1c(F)c(F)c([N+](=O)[O-])c(F)c1F. The fraction of sp³-hybridized carbons (Fsp3) is 0.429. The zero-order valence-corrected chi connectivity index (χ0v) is 17.0. The molecular formula is C21H25F4NO3. The van der Waals surface area contributed by atoms with Crippen molar-refractivity contribution < 1.29 is 27.2 Å². The molecule has 0 N–H and O–H groups in total. The van der Waals surface area contributed by atoms with Crippen molar-refractivity contribution in [2.24, 2.45) is 0 Å². The van der Waals surface area contributed by atoms with E-state index in [1.807, 2.05) is 20.8 Å². The number of nitro groups is 1. The Bertz CT molecular complexity index is 812. The minimum atomic E-state index is -2.10. The lowest BCUT2D eigenvalue weighted by Crippen LogP contribution is -2.08. The summed E-state index contributed by atoms with van der Waals surface area (Å²) < 4.78 is 59.5. The molecule has 0 amide bonds. The van der Waals surface area contributed by atoms with Gasteiger partial charge in [-0.05, 0) is 59.5 Å². The van der Waals surface area contributed by atoms with Crippen molar-refractivity contribution in [2.45, 2.75) is 53.4 Å². The van der Waals surface area contributed by atoms with Gasteiger partial charge in [0.25, 0.3) is 0 Å². The first kappa shape index (κ1) is 24.4. The maximum absolute atomic E-state index is 13.8. The van der Waals surface area contributed by atoms with Crippen molar-refractivity contribution >= 4 is 5.69 Å². The Morgan fingerprint density at radius 2 is 1.34 bits per heavy atom. The predicted molar refractivity (Wildman–Crippen MR) is 104 cm³/mol. The van der Waals surface area contributed by atoms with Crippen LogP contribution in [0.4, 0.5) is 23.2 Å². The third-order valence-electron chi connectivity index (χ3n) is 4.16. The molecule has 0 aliphatic rings. The van der Waals surface area contributed by atoms with Gasteiger partial charge >= 0.3 is 5.69 Å². The average Bonchev–Trinajstić information content (AvgIpc) is 2.62. The van der Waals surface area contributed by atoms with E-state index in [1.54, 1.807) is 6.92 Å².